The van der Waals surface area contributed by atoms with E-state index in [1.165, 1.54) is 19.3 Å². The van der Waals surface area contributed by atoms with E-state index in [4.69, 9.17) is 5.11 Å². The second-order valence-corrected chi connectivity index (χ2v) is 6.67. The number of carbonyl (C=O) groups is 2. The van der Waals surface area contributed by atoms with Gasteiger partial charge in [0.15, 0.2) is 0 Å². The molecule has 1 N–H and O–H groups in total. The van der Waals surface area contributed by atoms with Crippen LogP contribution in [0.2, 0.25) is 0 Å². The number of carboxylic acids is 1. The summed E-state index contributed by atoms with van der Waals surface area (Å²) in [7, 11) is 1.94. The van der Waals surface area contributed by atoms with Gasteiger partial charge in [-0.3, -0.25) is 9.59 Å². The van der Waals surface area contributed by atoms with Gasteiger partial charge in [-0.1, -0.05) is 19.8 Å². The molecular formula is C16H27NO3. The Balaban J connectivity index is 1.89. The number of aliphatic carboxylic acids is 1. The van der Waals surface area contributed by atoms with E-state index in [-0.39, 0.29) is 17.7 Å². The Hall–Kier alpha value is -1.06. The maximum atomic E-state index is 12.6. The highest BCUT2D eigenvalue weighted by molar-refractivity contribution is 5.79. The normalized spacial score (nSPS) is 34.5. The molecule has 1 amide bonds. The third-order valence-electron chi connectivity index (χ3n) is 5.34. The van der Waals surface area contributed by atoms with Crippen LogP contribution in [0.1, 0.15) is 58.3 Å². The van der Waals surface area contributed by atoms with E-state index in [2.05, 4.69) is 6.92 Å². The quantitative estimate of drug-likeness (QED) is 0.865. The molecule has 4 heteroatoms. The second-order valence-electron chi connectivity index (χ2n) is 6.67. The summed E-state index contributed by atoms with van der Waals surface area (Å²) in [5.41, 5.74) is 0. The van der Waals surface area contributed by atoms with Gasteiger partial charge in [0.05, 0.1) is 5.92 Å². The Kier molecular flexibility index (Phi) is 5.06. The fraction of sp³-hybridized carbons (Fsp3) is 0.875. The molecule has 2 aliphatic rings. The van der Waals surface area contributed by atoms with E-state index < -0.39 is 5.97 Å². The Labute approximate surface area is 121 Å². The molecule has 0 aromatic heterocycles. The van der Waals surface area contributed by atoms with Crippen molar-refractivity contribution in [1.82, 2.24) is 4.90 Å². The van der Waals surface area contributed by atoms with Gasteiger partial charge in [0, 0.05) is 19.0 Å². The van der Waals surface area contributed by atoms with Gasteiger partial charge in [-0.2, -0.15) is 0 Å². The minimum atomic E-state index is -0.704. The highest BCUT2D eigenvalue weighted by atomic mass is 16.4. The summed E-state index contributed by atoms with van der Waals surface area (Å²) in [4.78, 5) is 25.5. The highest BCUT2D eigenvalue weighted by Gasteiger charge is 2.34. The molecule has 0 radical (unpaired) electrons. The topological polar surface area (TPSA) is 57.6 Å². The molecule has 0 aromatic rings. The lowest BCUT2D eigenvalue weighted by atomic mass is 9.80. The summed E-state index contributed by atoms with van der Waals surface area (Å²) in [5.74, 6) is -0.0616. The van der Waals surface area contributed by atoms with Crippen molar-refractivity contribution in [2.45, 2.75) is 64.3 Å². The molecule has 0 aromatic carbocycles. The van der Waals surface area contributed by atoms with Crippen LogP contribution in [0.15, 0.2) is 0 Å². The molecule has 114 valence electrons. The monoisotopic (exact) mass is 281 g/mol. The van der Waals surface area contributed by atoms with Gasteiger partial charge in [0.1, 0.15) is 0 Å². The number of amides is 1. The molecule has 20 heavy (non-hydrogen) atoms. The van der Waals surface area contributed by atoms with Crippen molar-refractivity contribution in [2.75, 3.05) is 7.05 Å². The predicted molar refractivity (Wildman–Crippen MR) is 77.3 cm³/mol. The molecule has 2 rings (SSSR count). The maximum absolute atomic E-state index is 12.6. The van der Waals surface area contributed by atoms with E-state index >= 15 is 0 Å². The van der Waals surface area contributed by atoms with Crippen molar-refractivity contribution < 1.29 is 14.7 Å². The summed E-state index contributed by atoms with van der Waals surface area (Å²) in [6.45, 7) is 2.24. The number of rotatable bonds is 3. The van der Waals surface area contributed by atoms with Crippen molar-refractivity contribution in [3.63, 3.8) is 0 Å². The zero-order valence-corrected chi connectivity index (χ0v) is 12.7. The summed E-state index contributed by atoms with van der Waals surface area (Å²) in [6.07, 6.45) is 7.62. The SMILES string of the molecule is CC1CCCCC1N(C)C(=O)C1CCC(C(=O)O)CC1. The minimum Gasteiger partial charge on any atom is -0.481 e. The third-order valence-corrected chi connectivity index (χ3v) is 5.34. The molecule has 0 bridgehead atoms. The first kappa shape index (κ1) is 15.3. The standard InChI is InChI=1S/C16H27NO3/c1-11-5-3-4-6-14(11)17(2)15(18)12-7-9-13(10-8-12)16(19)20/h11-14H,3-10H2,1-2H3,(H,19,20). The van der Waals surface area contributed by atoms with E-state index in [9.17, 15) is 9.59 Å². The van der Waals surface area contributed by atoms with Gasteiger partial charge in [-0.25, -0.2) is 0 Å². The minimum absolute atomic E-state index is 0.0460. The number of hydrogen-bond donors (Lipinski definition) is 1. The highest BCUT2D eigenvalue weighted by Crippen LogP contribution is 2.33. The van der Waals surface area contributed by atoms with Gasteiger partial charge < -0.3 is 10.0 Å². The average Bonchev–Trinajstić information content (AvgIpc) is 2.46. The van der Waals surface area contributed by atoms with Gasteiger partial charge >= 0.3 is 5.97 Å². The van der Waals surface area contributed by atoms with Crippen molar-refractivity contribution in [2.24, 2.45) is 17.8 Å². The maximum Gasteiger partial charge on any atom is 0.306 e. The van der Waals surface area contributed by atoms with Crippen molar-refractivity contribution in [1.29, 1.82) is 0 Å². The largest absolute Gasteiger partial charge is 0.481 e. The van der Waals surface area contributed by atoms with Crippen LogP contribution >= 0.6 is 0 Å². The molecule has 2 fully saturated rings. The molecule has 0 spiro atoms. The fourth-order valence-corrected chi connectivity index (χ4v) is 3.91. The van der Waals surface area contributed by atoms with Crippen LogP contribution in [-0.2, 0) is 9.59 Å². The van der Waals surface area contributed by atoms with Crippen LogP contribution in [0.25, 0.3) is 0 Å². The molecule has 2 unspecified atom stereocenters. The van der Waals surface area contributed by atoms with Crippen LogP contribution in [0.5, 0.6) is 0 Å². The lowest BCUT2D eigenvalue weighted by molar-refractivity contribution is -0.146. The lowest BCUT2D eigenvalue weighted by Crippen LogP contribution is -2.46. The zero-order chi connectivity index (χ0) is 14.7. The third kappa shape index (κ3) is 3.33. The Morgan fingerprint density at radius 2 is 1.50 bits per heavy atom. The molecule has 0 heterocycles. The van der Waals surface area contributed by atoms with Gasteiger partial charge in [0.2, 0.25) is 5.91 Å². The summed E-state index contributed by atoms with van der Waals surface area (Å²) in [6, 6.07) is 0.383. The smallest absolute Gasteiger partial charge is 0.306 e. The van der Waals surface area contributed by atoms with E-state index in [0.29, 0.717) is 24.8 Å². The molecule has 2 atom stereocenters. The Morgan fingerprint density at radius 1 is 0.950 bits per heavy atom. The van der Waals surface area contributed by atoms with Gasteiger partial charge in [0.25, 0.3) is 0 Å². The number of hydrogen-bond acceptors (Lipinski definition) is 2. The first-order valence-corrected chi connectivity index (χ1v) is 8.00. The van der Waals surface area contributed by atoms with Crippen molar-refractivity contribution >= 4 is 11.9 Å². The first-order valence-electron chi connectivity index (χ1n) is 8.00. The zero-order valence-electron chi connectivity index (χ0n) is 12.7. The number of nitrogens with zero attached hydrogens (tertiary/aromatic N) is 1. The number of carboxylic acid groups (broad SMARTS) is 1. The average molecular weight is 281 g/mol. The predicted octanol–water partition coefficient (Wildman–Crippen LogP) is 2.91. The second kappa shape index (κ2) is 6.59. The molecule has 2 saturated carbocycles. The Morgan fingerprint density at radius 3 is 2.05 bits per heavy atom. The van der Waals surface area contributed by atoms with Gasteiger partial charge in [-0.05, 0) is 44.4 Å². The number of carbonyl (C=O) groups excluding carboxylic acids is 1. The molecule has 2 aliphatic carbocycles. The van der Waals surface area contributed by atoms with Crippen molar-refractivity contribution in [3.8, 4) is 0 Å². The summed E-state index contributed by atoms with van der Waals surface area (Å²) in [5, 5.41) is 9.02. The van der Waals surface area contributed by atoms with E-state index in [0.717, 1.165) is 19.3 Å². The van der Waals surface area contributed by atoms with Crippen molar-refractivity contribution in [3.05, 3.63) is 0 Å². The van der Waals surface area contributed by atoms with Crippen LogP contribution in [0.3, 0.4) is 0 Å². The summed E-state index contributed by atoms with van der Waals surface area (Å²) < 4.78 is 0. The van der Waals surface area contributed by atoms with Crippen LogP contribution < -0.4 is 0 Å². The molecule has 0 aliphatic heterocycles. The lowest BCUT2D eigenvalue weighted by Gasteiger charge is -2.39. The summed E-state index contributed by atoms with van der Waals surface area (Å²) >= 11 is 0. The molecular weight excluding hydrogens is 254 g/mol. The van der Waals surface area contributed by atoms with E-state index in [1.807, 2.05) is 11.9 Å². The van der Waals surface area contributed by atoms with Crippen LogP contribution in [0, 0.1) is 17.8 Å². The fourth-order valence-electron chi connectivity index (χ4n) is 3.91. The van der Waals surface area contributed by atoms with Crippen LogP contribution in [0.4, 0.5) is 0 Å². The molecule has 0 saturated heterocycles. The first-order chi connectivity index (χ1) is 9.50. The van der Waals surface area contributed by atoms with Gasteiger partial charge in [-0.15, -0.1) is 0 Å². The molecule has 4 nitrogen and oxygen atoms in total. The van der Waals surface area contributed by atoms with E-state index in [1.54, 1.807) is 0 Å². The Bertz CT molecular complexity index is 361. The van der Waals surface area contributed by atoms with Crippen LogP contribution in [-0.4, -0.2) is 35.0 Å².